The molecule has 90 valence electrons. The summed E-state index contributed by atoms with van der Waals surface area (Å²) in [6.45, 7) is 14.0. The highest BCUT2D eigenvalue weighted by Crippen LogP contribution is 2.18. The summed E-state index contributed by atoms with van der Waals surface area (Å²) < 4.78 is 5.50. The molecule has 0 radical (unpaired) electrons. The summed E-state index contributed by atoms with van der Waals surface area (Å²) in [7, 11) is 0. The van der Waals surface area contributed by atoms with E-state index >= 15 is 0 Å². The number of morpholine rings is 1. The third-order valence-electron chi connectivity index (χ3n) is 2.97. The number of hydrogen-bond acceptors (Lipinski definition) is 3. The molecular weight excluding hydrogens is 188 g/mol. The summed E-state index contributed by atoms with van der Waals surface area (Å²) in [5.74, 6) is 0. The minimum absolute atomic E-state index is 0.218. The number of rotatable bonds is 5. The van der Waals surface area contributed by atoms with Gasteiger partial charge in [-0.3, -0.25) is 4.90 Å². The summed E-state index contributed by atoms with van der Waals surface area (Å²) >= 11 is 0. The quantitative estimate of drug-likeness (QED) is 0.702. The predicted molar refractivity (Wildman–Crippen MR) is 64.2 cm³/mol. The van der Waals surface area contributed by atoms with Crippen molar-refractivity contribution in [3.63, 3.8) is 0 Å². The highest BCUT2D eigenvalue weighted by atomic mass is 16.5. The zero-order valence-electron chi connectivity index (χ0n) is 10.7. The Bertz CT molecular complexity index is 180. The molecule has 0 bridgehead atoms. The standard InChI is InChI=1S/C12H26N2O/c1-11(2)13-6-5-7-14-8-9-15-10-12(14,3)4/h11,13H,5-10H2,1-4H3. The zero-order valence-corrected chi connectivity index (χ0v) is 10.7. The van der Waals surface area contributed by atoms with Gasteiger partial charge >= 0.3 is 0 Å². The van der Waals surface area contributed by atoms with Crippen molar-refractivity contribution in [2.24, 2.45) is 0 Å². The van der Waals surface area contributed by atoms with E-state index in [1.165, 1.54) is 13.0 Å². The topological polar surface area (TPSA) is 24.5 Å². The molecule has 3 heteroatoms. The van der Waals surface area contributed by atoms with Crippen LogP contribution in [0, 0.1) is 0 Å². The maximum absolute atomic E-state index is 5.50. The van der Waals surface area contributed by atoms with E-state index in [0.29, 0.717) is 6.04 Å². The van der Waals surface area contributed by atoms with Crippen LogP contribution in [0.3, 0.4) is 0 Å². The van der Waals surface area contributed by atoms with Crippen LogP contribution in [-0.2, 0) is 4.74 Å². The Labute approximate surface area is 94.2 Å². The molecule has 0 aromatic heterocycles. The molecule has 0 unspecified atom stereocenters. The third-order valence-corrected chi connectivity index (χ3v) is 2.97. The normalized spacial score (nSPS) is 22.2. The van der Waals surface area contributed by atoms with E-state index in [1.807, 2.05) is 0 Å². The van der Waals surface area contributed by atoms with Crippen molar-refractivity contribution < 1.29 is 4.74 Å². The maximum atomic E-state index is 5.50. The Balaban J connectivity index is 2.19. The lowest BCUT2D eigenvalue weighted by molar-refractivity contribution is -0.0510. The van der Waals surface area contributed by atoms with Crippen LogP contribution in [0.15, 0.2) is 0 Å². The molecule has 15 heavy (non-hydrogen) atoms. The van der Waals surface area contributed by atoms with E-state index in [-0.39, 0.29) is 5.54 Å². The minimum atomic E-state index is 0.218. The van der Waals surface area contributed by atoms with Gasteiger partial charge < -0.3 is 10.1 Å². The zero-order chi connectivity index (χ0) is 11.3. The first kappa shape index (κ1) is 12.9. The SMILES string of the molecule is CC(C)NCCCN1CCOCC1(C)C. The summed E-state index contributed by atoms with van der Waals surface area (Å²) in [5, 5.41) is 3.45. The fraction of sp³-hybridized carbons (Fsp3) is 1.00. The Hall–Kier alpha value is -0.120. The molecule has 3 nitrogen and oxygen atoms in total. The van der Waals surface area contributed by atoms with Gasteiger partial charge in [-0.2, -0.15) is 0 Å². The Morgan fingerprint density at radius 2 is 2.13 bits per heavy atom. The molecule has 1 aliphatic heterocycles. The van der Waals surface area contributed by atoms with Crippen LogP contribution in [-0.4, -0.2) is 49.3 Å². The first-order valence-corrected chi connectivity index (χ1v) is 6.08. The van der Waals surface area contributed by atoms with Crippen LogP contribution >= 0.6 is 0 Å². The van der Waals surface area contributed by atoms with Crippen molar-refractivity contribution in [3.05, 3.63) is 0 Å². The average Bonchev–Trinajstić information content (AvgIpc) is 2.13. The van der Waals surface area contributed by atoms with Crippen LogP contribution < -0.4 is 5.32 Å². The minimum Gasteiger partial charge on any atom is -0.378 e. The first-order chi connectivity index (χ1) is 7.02. The van der Waals surface area contributed by atoms with E-state index in [0.717, 1.165) is 26.3 Å². The molecule has 0 aromatic carbocycles. The van der Waals surface area contributed by atoms with E-state index < -0.39 is 0 Å². The van der Waals surface area contributed by atoms with Crippen LogP contribution in [0.2, 0.25) is 0 Å². The second-order valence-electron chi connectivity index (χ2n) is 5.31. The van der Waals surface area contributed by atoms with Gasteiger partial charge in [-0.25, -0.2) is 0 Å². The fourth-order valence-corrected chi connectivity index (χ4v) is 1.97. The molecular formula is C12H26N2O. The summed E-state index contributed by atoms with van der Waals surface area (Å²) in [4.78, 5) is 2.54. The molecule has 0 spiro atoms. The third kappa shape index (κ3) is 4.49. The van der Waals surface area contributed by atoms with E-state index in [4.69, 9.17) is 4.74 Å². The van der Waals surface area contributed by atoms with Crippen LogP contribution in [0.25, 0.3) is 0 Å². The van der Waals surface area contributed by atoms with Gasteiger partial charge in [-0.05, 0) is 26.8 Å². The molecule has 0 aliphatic carbocycles. The predicted octanol–water partition coefficient (Wildman–Crippen LogP) is 1.49. The van der Waals surface area contributed by atoms with Gasteiger partial charge in [0.1, 0.15) is 0 Å². The van der Waals surface area contributed by atoms with Crippen molar-refractivity contribution in [3.8, 4) is 0 Å². The molecule has 1 fully saturated rings. The summed E-state index contributed by atoms with van der Waals surface area (Å²) in [6.07, 6.45) is 1.22. The molecule has 0 aromatic rings. The van der Waals surface area contributed by atoms with E-state index in [2.05, 4.69) is 37.9 Å². The summed E-state index contributed by atoms with van der Waals surface area (Å²) in [6, 6.07) is 0.600. The average molecular weight is 214 g/mol. The smallest absolute Gasteiger partial charge is 0.0645 e. The number of nitrogens with zero attached hydrogens (tertiary/aromatic N) is 1. The Kier molecular flexibility index (Phi) is 5.03. The second-order valence-corrected chi connectivity index (χ2v) is 5.31. The van der Waals surface area contributed by atoms with Gasteiger partial charge in [0.15, 0.2) is 0 Å². The van der Waals surface area contributed by atoms with Crippen molar-refractivity contribution in [1.82, 2.24) is 10.2 Å². The first-order valence-electron chi connectivity index (χ1n) is 6.08. The van der Waals surface area contributed by atoms with Crippen LogP contribution in [0.5, 0.6) is 0 Å². The number of ether oxygens (including phenoxy) is 1. The van der Waals surface area contributed by atoms with Crippen molar-refractivity contribution in [1.29, 1.82) is 0 Å². The molecule has 1 aliphatic rings. The number of hydrogen-bond donors (Lipinski definition) is 1. The molecule has 0 atom stereocenters. The monoisotopic (exact) mass is 214 g/mol. The fourth-order valence-electron chi connectivity index (χ4n) is 1.97. The van der Waals surface area contributed by atoms with Gasteiger partial charge in [-0.1, -0.05) is 13.8 Å². The largest absolute Gasteiger partial charge is 0.378 e. The highest BCUT2D eigenvalue weighted by molar-refractivity contribution is 4.84. The lowest BCUT2D eigenvalue weighted by Gasteiger charge is -2.42. The van der Waals surface area contributed by atoms with Gasteiger partial charge in [0.2, 0.25) is 0 Å². The Morgan fingerprint density at radius 1 is 1.40 bits per heavy atom. The van der Waals surface area contributed by atoms with Crippen molar-refractivity contribution >= 4 is 0 Å². The number of nitrogens with one attached hydrogen (secondary N) is 1. The molecule has 1 rings (SSSR count). The second kappa shape index (κ2) is 5.83. The van der Waals surface area contributed by atoms with Crippen LogP contribution in [0.1, 0.15) is 34.1 Å². The van der Waals surface area contributed by atoms with Gasteiger partial charge in [-0.15, -0.1) is 0 Å². The summed E-state index contributed by atoms with van der Waals surface area (Å²) in [5.41, 5.74) is 0.218. The molecule has 0 saturated carbocycles. The maximum Gasteiger partial charge on any atom is 0.0645 e. The highest BCUT2D eigenvalue weighted by Gasteiger charge is 2.29. The molecule has 1 N–H and O–H groups in total. The van der Waals surface area contributed by atoms with E-state index in [9.17, 15) is 0 Å². The lowest BCUT2D eigenvalue weighted by atomic mass is 10.0. The van der Waals surface area contributed by atoms with Crippen molar-refractivity contribution in [2.45, 2.75) is 45.7 Å². The molecule has 0 amide bonds. The van der Waals surface area contributed by atoms with Gasteiger partial charge in [0, 0.05) is 24.7 Å². The van der Waals surface area contributed by atoms with Gasteiger partial charge in [0.05, 0.1) is 13.2 Å². The lowest BCUT2D eigenvalue weighted by Crippen LogP contribution is -2.53. The van der Waals surface area contributed by atoms with Crippen LogP contribution in [0.4, 0.5) is 0 Å². The van der Waals surface area contributed by atoms with E-state index in [1.54, 1.807) is 0 Å². The van der Waals surface area contributed by atoms with Crippen molar-refractivity contribution in [2.75, 3.05) is 32.8 Å². The molecule has 1 saturated heterocycles. The van der Waals surface area contributed by atoms with Gasteiger partial charge in [0.25, 0.3) is 0 Å². The Morgan fingerprint density at radius 3 is 2.73 bits per heavy atom. The molecule has 1 heterocycles.